The Morgan fingerprint density at radius 1 is 0.914 bits per heavy atom. The number of nitrogens with zero attached hydrogens (tertiary/aromatic N) is 2. The summed E-state index contributed by atoms with van der Waals surface area (Å²) in [5.41, 5.74) is 1.98. The zero-order chi connectivity index (χ0) is 41.9. The van der Waals surface area contributed by atoms with E-state index in [1.54, 1.807) is 14.2 Å². The average molecular weight is 819 g/mol. The summed E-state index contributed by atoms with van der Waals surface area (Å²) in [5, 5.41) is 17.1. The molecule has 314 valence electrons. The lowest BCUT2D eigenvalue weighted by Gasteiger charge is -2.27. The summed E-state index contributed by atoms with van der Waals surface area (Å²) in [6, 6.07) is 22.1. The van der Waals surface area contributed by atoms with E-state index < -0.39 is 14.9 Å². The zero-order valence-electron chi connectivity index (χ0n) is 34.1. The molecular weight excluding hydrogens is 761 g/mol. The summed E-state index contributed by atoms with van der Waals surface area (Å²) >= 11 is 0. The maximum Gasteiger partial charge on any atom is 0.269 e. The SMILES string of the molecule is COC1=CCC(CCCc2cccc(OCCNC(=O)CCCC(=O)N[C@H](CCN(CC(C)C)S(=O)(=O)c3ccc([N+](=O)[O-])cc3)Cc3ccccc3)c2)C=C1OC. The summed E-state index contributed by atoms with van der Waals surface area (Å²) in [6.07, 6.45) is 9.60. The highest BCUT2D eigenvalue weighted by Gasteiger charge is 2.27. The first kappa shape index (κ1) is 45.5. The summed E-state index contributed by atoms with van der Waals surface area (Å²) in [7, 11) is -0.655. The van der Waals surface area contributed by atoms with Crippen molar-refractivity contribution < 1.29 is 37.1 Å². The molecule has 2 N–H and O–H groups in total. The van der Waals surface area contributed by atoms with Crippen molar-refractivity contribution in [2.45, 2.75) is 82.6 Å². The second-order valence-electron chi connectivity index (χ2n) is 14.8. The van der Waals surface area contributed by atoms with Crippen LogP contribution >= 0.6 is 0 Å². The maximum absolute atomic E-state index is 13.7. The summed E-state index contributed by atoms with van der Waals surface area (Å²) < 4.78 is 45.4. The van der Waals surface area contributed by atoms with E-state index in [1.807, 2.05) is 62.4 Å². The number of allylic oxidation sites excluding steroid dienone is 2. The summed E-state index contributed by atoms with van der Waals surface area (Å²) in [4.78, 5) is 36.2. The number of carbonyl (C=O) groups is 2. The third-order valence-electron chi connectivity index (χ3n) is 9.79. The molecule has 3 aromatic carbocycles. The Bertz CT molecular complexity index is 1950. The van der Waals surface area contributed by atoms with Gasteiger partial charge in [0.05, 0.1) is 30.6 Å². The molecule has 0 saturated heterocycles. The van der Waals surface area contributed by atoms with Gasteiger partial charge in [-0.25, -0.2) is 8.42 Å². The first-order valence-electron chi connectivity index (χ1n) is 19.9. The molecule has 14 heteroatoms. The predicted molar refractivity (Wildman–Crippen MR) is 223 cm³/mol. The number of nitrogens with one attached hydrogen (secondary N) is 2. The van der Waals surface area contributed by atoms with E-state index in [9.17, 15) is 28.1 Å². The van der Waals surface area contributed by atoms with Crippen molar-refractivity contribution in [3.63, 3.8) is 0 Å². The number of nitro groups is 1. The monoisotopic (exact) mass is 818 g/mol. The Morgan fingerprint density at radius 2 is 1.62 bits per heavy atom. The number of non-ortho nitro benzene ring substituents is 1. The van der Waals surface area contributed by atoms with Gasteiger partial charge >= 0.3 is 0 Å². The maximum atomic E-state index is 13.7. The van der Waals surface area contributed by atoms with Crippen molar-refractivity contribution >= 4 is 27.5 Å². The van der Waals surface area contributed by atoms with Crippen LogP contribution in [0.5, 0.6) is 5.75 Å². The highest BCUT2D eigenvalue weighted by Crippen LogP contribution is 2.28. The molecule has 3 aromatic rings. The number of amides is 2. The zero-order valence-corrected chi connectivity index (χ0v) is 34.9. The molecular formula is C44H58N4O9S. The number of benzene rings is 3. The van der Waals surface area contributed by atoms with Crippen molar-refractivity contribution in [2.24, 2.45) is 11.8 Å². The molecule has 58 heavy (non-hydrogen) atoms. The van der Waals surface area contributed by atoms with E-state index >= 15 is 0 Å². The number of rotatable bonds is 25. The highest BCUT2D eigenvalue weighted by molar-refractivity contribution is 7.89. The van der Waals surface area contributed by atoms with Crippen LogP contribution in [0.2, 0.25) is 0 Å². The Morgan fingerprint density at radius 3 is 2.31 bits per heavy atom. The van der Waals surface area contributed by atoms with E-state index in [4.69, 9.17) is 14.2 Å². The molecule has 1 aliphatic rings. The quantitative estimate of drug-likeness (QED) is 0.0514. The molecule has 1 aliphatic carbocycles. The molecule has 0 aliphatic heterocycles. The molecule has 0 spiro atoms. The molecule has 1 unspecified atom stereocenters. The van der Waals surface area contributed by atoms with Crippen molar-refractivity contribution in [1.82, 2.24) is 14.9 Å². The van der Waals surface area contributed by atoms with Gasteiger partial charge in [-0.05, 0) is 104 Å². The van der Waals surface area contributed by atoms with Crippen LogP contribution in [0, 0.1) is 22.0 Å². The largest absolute Gasteiger partial charge is 0.493 e. The van der Waals surface area contributed by atoms with Crippen LogP contribution in [-0.4, -0.2) is 76.0 Å². The van der Waals surface area contributed by atoms with Gasteiger partial charge < -0.3 is 24.8 Å². The molecule has 13 nitrogen and oxygen atoms in total. The molecule has 0 bridgehead atoms. The van der Waals surface area contributed by atoms with Crippen LogP contribution in [0.25, 0.3) is 0 Å². The second-order valence-corrected chi connectivity index (χ2v) is 16.8. The van der Waals surface area contributed by atoms with Gasteiger partial charge in [-0.1, -0.05) is 56.3 Å². The van der Waals surface area contributed by atoms with E-state index in [0.29, 0.717) is 38.3 Å². The Hall–Kier alpha value is -5.21. The number of carbonyl (C=O) groups excluding carboxylic acids is 2. The molecule has 0 aromatic heterocycles. The standard InChI is InChI=1S/C44H58N4O9S/c1-33(2)32-47(58(53,54)40-22-20-38(21-23-40)48(51)52)27-25-37(29-34-11-6-5-7-12-34)46-44(50)18-10-17-43(49)45-26-28-57-39-16-9-15-35(30-39)13-8-14-36-19-24-41(55-3)42(31-36)56-4/h5-7,9,11-12,15-16,20-24,30-31,33,36-37H,8,10,13-14,17-19,25-29,32H2,1-4H3,(H,45,49)(H,46,50)/t36?,37-/m1/s1. The molecule has 0 heterocycles. The fourth-order valence-corrected chi connectivity index (χ4v) is 8.44. The third-order valence-corrected chi connectivity index (χ3v) is 11.7. The van der Waals surface area contributed by atoms with Crippen LogP contribution in [0.1, 0.15) is 69.9 Å². The fourth-order valence-electron chi connectivity index (χ4n) is 6.82. The number of nitro benzene ring substituents is 1. The van der Waals surface area contributed by atoms with Crippen LogP contribution in [0.15, 0.2) is 107 Å². The average Bonchev–Trinajstić information content (AvgIpc) is 3.21. The van der Waals surface area contributed by atoms with E-state index in [2.05, 4.69) is 28.9 Å². The minimum Gasteiger partial charge on any atom is -0.493 e. The fraction of sp³-hybridized carbons (Fsp3) is 0.455. The van der Waals surface area contributed by atoms with E-state index in [1.165, 1.54) is 34.1 Å². The van der Waals surface area contributed by atoms with Gasteiger partial charge in [-0.15, -0.1) is 0 Å². The second kappa shape index (κ2) is 23.3. The van der Waals surface area contributed by atoms with Gasteiger partial charge in [0.2, 0.25) is 21.8 Å². The number of methoxy groups -OCH3 is 2. The summed E-state index contributed by atoms with van der Waals surface area (Å²) in [5.74, 6) is 2.34. The van der Waals surface area contributed by atoms with Gasteiger partial charge in [0, 0.05) is 44.1 Å². The van der Waals surface area contributed by atoms with Crippen LogP contribution in [0.3, 0.4) is 0 Å². The third kappa shape index (κ3) is 14.9. The lowest BCUT2D eigenvalue weighted by Crippen LogP contribution is -2.41. The topological polar surface area (TPSA) is 166 Å². The van der Waals surface area contributed by atoms with E-state index in [0.717, 1.165) is 48.5 Å². The first-order valence-corrected chi connectivity index (χ1v) is 21.4. The number of hydrogen-bond donors (Lipinski definition) is 2. The molecule has 4 rings (SSSR count). The number of sulfonamides is 1. The summed E-state index contributed by atoms with van der Waals surface area (Å²) in [6.45, 7) is 4.84. The Labute approximate surface area is 343 Å². The number of aryl methyl sites for hydroxylation is 1. The Kier molecular flexibility index (Phi) is 18.2. The molecule has 2 atom stereocenters. The molecule has 0 saturated carbocycles. The molecule has 0 radical (unpaired) electrons. The minimum absolute atomic E-state index is 0.0124. The Balaban J connectivity index is 1.20. The smallest absolute Gasteiger partial charge is 0.269 e. The molecule has 0 fully saturated rings. The normalized spacial score (nSPS) is 14.6. The number of ether oxygens (including phenoxy) is 3. The lowest BCUT2D eigenvalue weighted by atomic mass is 9.92. The van der Waals surface area contributed by atoms with Gasteiger partial charge in [-0.3, -0.25) is 19.7 Å². The van der Waals surface area contributed by atoms with Crippen molar-refractivity contribution in [3.05, 3.63) is 124 Å². The van der Waals surface area contributed by atoms with Crippen LogP contribution < -0.4 is 15.4 Å². The molecule has 2 amide bonds. The van der Waals surface area contributed by atoms with Crippen LogP contribution in [-0.2, 0) is 41.9 Å². The van der Waals surface area contributed by atoms with Gasteiger partial charge in [0.1, 0.15) is 12.4 Å². The minimum atomic E-state index is -3.96. The number of hydrogen-bond acceptors (Lipinski definition) is 9. The van der Waals surface area contributed by atoms with Crippen molar-refractivity contribution in [1.29, 1.82) is 0 Å². The van der Waals surface area contributed by atoms with Crippen LogP contribution in [0.4, 0.5) is 5.69 Å². The highest BCUT2D eigenvalue weighted by atomic mass is 32.2. The van der Waals surface area contributed by atoms with Gasteiger partial charge in [-0.2, -0.15) is 4.31 Å². The van der Waals surface area contributed by atoms with Crippen molar-refractivity contribution in [2.75, 3.05) is 40.5 Å². The van der Waals surface area contributed by atoms with E-state index in [-0.39, 0.29) is 60.3 Å². The predicted octanol–water partition coefficient (Wildman–Crippen LogP) is 7.13. The first-order chi connectivity index (χ1) is 27.9. The lowest BCUT2D eigenvalue weighted by molar-refractivity contribution is -0.384. The van der Waals surface area contributed by atoms with Gasteiger partial charge in [0.15, 0.2) is 11.5 Å². The van der Waals surface area contributed by atoms with Crippen molar-refractivity contribution in [3.8, 4) is 5.75 Å². The van der Waals surface area contributed by atoms with Gasteiger partial charge in [0.25, 0.3) is 5.69 Å².